The van der Waals surface area contributed by atoms with E-state index in [4.69, 9.17) is 9.52 Å². The third-order valence-corrected chi connectivity index (χ3v) is 2.81. The van der Waals surface area contributed by atoms with Crippen molar-refractivity contribution in [3.05, 3.63) is 23.2 Å². The van der Waals surface area contributed by atoms with Gasteiger partial charge < -0.3 is 20.2 Å². The van der Waals surface area contributed by atoms with Gasteiger partial charge in [-0.1, -0.05) is 6.92 Å². The first-order valence-corrected chi connectivity index (χ1v) is 6.80. The van der Waals surface area contributed by atoms with Crippen LogP contribution in [0.3, 0.4) is 0 Å². The molecular formula is C14H20N2O5. The fourth-order valence-electron chi connectivity index (χ4n) is 1.70. The zero-order chi connectivity index (χ0) is 15.8. The summed E-state index contributed by atoms with van der Waals surface area (Å²) >= 11 is 0. The molecule has 116 valence electrons. The van der Waals surface area contributed by atoms with Crippen LogP contribution in [-0.2, 0) is 16.1 Å². The Morgan fingerprint density at radius 2 is 1.81 bits per heavy atom. The van der Waals surface area contributed by atoms with E-state index < -0.39 is 5.97 Å². The Kier molecular flexibility index (Phi) is 6.45. The lowest BCUT2D eigenvalue weighted by molar-refractivity contribution is -0.126. The fourth-order valence-corrected chi connectivity index (χ4v) is 1.70. The number of rotatable bonds is 8. The molecule has 0 bridgehead atoms. The monoisotopic (exact) mass is 296 g/mol. The maximum Gasteiger partial charge on any atom is 0.339 e. The van der Waals surface area contributed by atoms with E-state index in [2.05, 4.69) is 10.6 Å². The Labute approximate surface area is 122 Å². The Balaban J connectivity index is 2.34. The first-order chi connectivity index (χ1) is 9.93. The fraction of sp³-hybridized carbons (Fsp3) is 0.500. The van der Waals surface area contributed by atoms with Crippen molar-refractivity contribution in [2.24, 2.45) is 0 Å². The molecule has 1 aromatic heterocycles. The smallest absolute Gasteiger partial charge is 0.339 e. The van der Waals surface area contributed by atoms with Gasteiger partial charge in [-0.2, -0.15) is 0 Å². The van der Waals surface area contributed by atoms with Crippen LogP contribution in [0.1, 0.15) is 48.1 Å². The maximum absolute atomic E-state index is 11.6. The van der Waals surface area contributed by atoms with Crippen molar-refractivity contribution in [1.29, 1.82) is 0 Å². The first kappa shape index (κ1) is 16.7. The molecule has 1 aromatic rings. The molecule has 0 aromatic carbocycles. The van der Waals surface area contributed by atoms with Gasteiger partial charge in [0, 0.05) is 19.4 Å². The molecule has 21 heavy (non-hydrogen) atoms. The van der Waals surface area contributed by atoms with Crippen LogP contribution in [0.2, 0.25) is 0 Å². The van der Waals surface area contributed by atoms with Crippen LogP contribution in [0, 0.1) is 6.92 Å². The highest BCUT2D eigenvalue weighted by Crippen LogP contribution is 2.14. The van der Waals surface area contributed by atoms with Crippen LogP contribution in [0.25, 0.3) is 0 Å². The SMILES string of the molecule is CCCNC(=O)CCC(=O)NCc1cc(C(=O)O)c(C)o1. The molecule has 0 spiro atoms. The van der Waals surface area contributed by atoms with E-state index in [1.54, 1.807) is 6.92 Å². The van der Waals surface area contributed by atoms with Crippen molar-refractivity contribution in [2.45, 2.75) is 39.7 Å². The number of aromatic carboxylic acids is 1. The highest BCUT2D eigenvalue weighted by atomic mass is 16.4. The van der Waals surface area contributed by atoms with Crippen LogP contribution < -0.4 is 10.6 Å². The van der Waals surface area contributed by atoms with E-state index in [9.17, 15) is 14.4 Å². The summed E-state index contributed by atoms with van der Waals surface area (Å²) in [6, 6.07) is 1.38. The Hall–Kier alpha value is -2.31. The number of furan rings is 1. The van der Waals surface area contributed by atoms with Crippen molar-refractivity contribution in [2.75, 3.05) is 6.54 Å². The van der Waals surface area contributed by atoms with Gasteiger partial charge in [-0.3, -0.25) is 9.59 Å². The molecule has 0 aliphatic rings. The number of carbonyl (C=O) groups excluding carboxylic acids is 2. The summed E-state index contributed by atoms with van der Waals surface area (Å²) in [5.41, 5.74) is 0.0817. The molecule has 0 aliphatic carbocycles. The lowest BCUT2D eigenvalue weighted by Gasteiger charge is -2.04. The van der Waals surface area contributed by atoms with Gasteiger partial charge in [-0.05, 0) is 19.4 Å². The van der Waals surface area contributed by atoms with Crippen molar-refractivity contribution in [3.8, 4) is 0 Å². The third-order valence-electron chi connectivity index (χ3n) is 2.81. The summed E-state index contributed by atoms with van der Waals surface area (Å²) in [6.45, 7) is 4.20. The molecule has 1 heterocycles. The zero-order valence-corrected chi connectivity index (χ0v) is 12.2. The highest BCUT2D eigenvalue weighted by Gasteiger charge is 2.14. The van der Waals surface area contributed by atoms with E-state index in [-0.39, 0.29) is 36.8 Å². The minimum Gasteiger partial charge on any atom is -0.478 e. The van der Waals surface area contributed by atoms with Crippen LogP contribution in [0.5, 0.6) is 0 Å². The Morgan fingerprint density at radius 1 is 1.19 bits per heavy atom. The second-order valence-electron chi connectivity index (χ2n) is 4.61. The summed E-state index contributed by atoms with van der Waals surface area (Å²) in [5.74, 6) is -0.845. The molecule has 1 rings (SSSR count). The van der Waals surface area contributed by atoms with Gasteiger partial charge in [-0.15, -0.1) is 0 Å². The minimum atomic E-state index is -1.07. The molecular weight excluding hydrogens is 276 g/mol. The molecule has 2 amide bonds. The average Bonchev–Trinajstić information content (AvgIpc) is 2.82. The second kappa shape index (κ2) is 8.08. The van der Waals surface area contributed by atoms with Gasteiger partial charge in [0.25, 0.3) is 0 Å². The molecule has 7 nitrogen and oxygen atoms in total. The largest absolute Gasteiger partial charge is 0.478 e. The number of carboxylic acids is 1. The molecule has 0 fully saturated rings. The van der Waals surface area contributed by atoms with Crippen molar-refractivity contribution < 1.29 is 23.9 Å². The molecule has 0 saturated carbocycles. The number of hydrogen-bond donors (Lipinski definition) is 3. The van der Waals surface area contributed by atoms with Crippen LogP contribution in [0.15, 0.2) is 10.5 Å². The van der Waals surface area contributed by atoms with Crippen molar-refractivity contribution >= 4 is 17.8 Å². The molecule has 7 heteroatoms. The summed E-state index contributed by atoms with van der Waals surface area (Å²) < 4.78 is 5.23. The summed E-state index contributed by atoms with van der Waals surface area (Å²) in [4.78, 5) is 33.7. The molecule has 0 unspecified atom stereocenters. The predicted molar refractivity (Wildman–Crippen MR) is 74.8 cm³/mol. The summed E-state index contributed by atoms with van der Waals surface area (Å²) in [6.07, 6.45) is 1.06. The first-order valence-electron chi connectivity index (χ1n) is 6.80. The molecule has 0 saturated heterocycles. The van der Waals surface area contributed by atoms with E-state index in [1.807, 2.05) is 6.92 Å². The molecule has 0 radical (unpaired) electrons. The number of hydrogen-bond acceptors (Lipinski definition) is 4. The van der Waals surface area contributed by atoms with Crippen molar-refractivity contribution in [3.63, 3.8) is 0 Å². The number of amides is 2. The zero-order valence-electron chi connectivity index (χ0n) is 12.2. The van der Waals surface area contributed by atoms with Gasteiger partial charge in [0.2, 0.25) is 11.8 Å². The standard InChI is InChI=1S/C14H20N2O5/c1-3-6-15-12(17)4-5-13(18)16-8-10-7-11(14(19)20)9(2)21-10/h7H,3-6,8H2,1-2H3,(H,15,17)(H,16,18)(H,19,20). The number of aryl methyl sites for hydroxylation is 1. The molecule has 3 N–H and O–H groups in total. The highest BCUT2D eigenvalue weighted by molar-refractivity contribution is 5.88. The van der Waals surface area contributed by atoms with E-state index >= 15 is 0 Å². The maximum atomic E-state index is 11.6. The minimum absolute atomic E-state index is 0.0817. The van der Waals surface area contributed by atoms with Crippen LogP contribution >= 0.6 is 0 Å². The van der Waals surface area contributed by atoms with Gasteiger partial charge >= 0.3 is 5.97 Å². The normalized spacial score (nSPS) is 10.2. The van der Waals surface area contributed by atoms with Crippen molar-refractivity contribution in [1.82, 2.24) is 10.6 Å². The molecule has 0 aliphatic heterocycles. The predicted octanol–water partition coefficient (Wildman–Crippen LogP) is 1.21. The van der Waals surface area contributed by atoms with E-state index in [1.165, 1.54) is 6.07 Å². The lowest BCUT2D eigenvalue weighted by Crippen LogP contribution is -2.27. The van der Waals surface area contributed by atoms with Gasteiger partial charge in [0.1, 0.15) is 17.1 Å². The average molecular weight is 296 g/mol. The van der Waals surface area contributed by atoms with E-state index in [0.29, 0.717) is 18.1 Å². The molecule has 0 atom stereocenters. The number of carboxylic acid groups (broad SMARTS) is 1. The topological polar surface area (TPSA) is 109 Å². The van der Waals surface area contributed by atoms with Gasteiger partial charge in [0.15, 0.2) is 0 Å². The lowest BCUT2D eigenvalue weighted by atomic mass is 10.2. The number of nitrogens with one attached hydrogen (secondary N) is 2. The number of carbonyl (C=O) groups is 3. The van der Waals surface area contributed by atoms with E-state index in [0.717, 1.165) is 6.42 Å². The van der Waals surface area contributed by atoms with Crippen LogP contribution in [-0.4, -0.2) is 29.4 Å². The summed E-state index contributed by atoms with van der Waals surface area (Å²) in [7, 11) is 0. The Bertz CT molecular complexity index is 521. The van der Waals surface area contributed by atoms with Gasteiger partial charge in [0.05, 0.1) is 6.54 Å². The van der Waals surface area contributed by atoms with Crippen LogP contribution in [0.4, 0.5) is 0 Å². The van der Waals surface area contributed by atoms with Gasteiger partial charge in [-0.25, -0.2) is 4.79 Å². The third kappa shape index (κ3) is 5.68. The quantitative estimate of drug-likeness (QED) is 0.668. The Morgan fingerprint density at radius 3 is 2.33 bits per heavy atom. The summed E-state index contributed by atoms with van der Waals surface area (Å²) in [5, 5.41) is 14.1. The second-order valence-corrected chi connectivity index (χ2v) is 4.61.